The molecule has 0 saturated carbocycles. The maximum absolute atomic E-state index is 12.1. The SMILES string of the molecule is CSCC[C@@H](C)N(C)S(=O)(=O)c1cccs1. The highest BCUT2D eigenvalue weighted by atomic mass is 32.2. The maximum Gasteiger partial charge on any atom is 0.252 e. The normalized spacial score (nSPS) is 14.2. The second kappa shape index (κ2) is 6.05. The van der Waals surface area contributed by atoms with Crippen LogP contribution in [-0.2, 0) is 10.0 Å². The molecule has 0 aliphatic heterocycles. The highest BCUT2D eigenvalue weighted by molar-refractivity contribution is 7.98. The van der Waals surface area contributed by atoms with E-state index in [1.54, 1.807) is 36.3 Å². The molecule has 0 amide bonds. The molecule has 0 aliphatic rings. The maximum atomic E-state index is 12.1. The van der Waals surface area contributed by atoms with Gasteiger partial charge in [0.1, 0.15) is 4.21 Å². The largest absolute Gasteiger partial charge is 0.252 e. The predicted molar refractivity (Wildman–Crippen MR) is 71.7 cm³/mol. The van der Waals surface area contributed by atoms with E-state index in [1.165, 1.54) is 15.6 Å². The molecule has 0 spiro atoms. The van der Waals surface area contributed by atoms with Crippen molar-refractivity contribution in [2.24, 2.45) is 0 Å². The lowest BCUT2D eigenvalue weighted by molar-refractivity contribution is 0.383. The predicted octanol–water partition coefficient (Wildman–Crippen LogP) is 2.51. The summed E-state index contributed by atoms with van der Waals surface area (Å²) in [6.45, 7) is 1.95. The van der Waals surface area contributed by atoms with Gasteiger partial charge in [0.15, 0.2) is 0 Å². The molecular weight excluding hydrogens is 262 g/mol. The van der Waals surface area contributed by atoms with E-state index in [9.17, 15) is 8.42 Å². The first-order valence-corrected chi connectivity index (χ1v) is 8.72. The van der Waals surface area contributed by atoms with Crippen molar-refractivity contribution in [2.75, 3.05) is 19.1 Å². The topological polar surface area (TPSA) is 37.4 Å². The Morgan fingerprint density at radius 1 is 1.56 bits per heavy atom. The van der Waals surface area contributed by atoms with Crippen LogP contribution in [0.3, 0.4) is 0 Å². The molecule has 1 aromatic heterocycles. The van der Waals surface area contributed by atoms with Crippen LogP contribution in [0.25, 0.3) is 0 Å². The van der Waals surface area contributed by atoms with Crippen molar-refractivity contribution in [3.8, 4) is 0 Å². The lowest BCUT2D eigenvalue weighted by atomic mass is 10.3. The Labute approximate surface area is 106 Å². The molecule has 16 heavy (non-hydrogen) atoms. The fraction of sp³-hybridized carbons (Fsp3) is 0.600. The van der Waals surface area contributed by atoms with Crippen LogP contribution in [0.4, 0.5) is 0 Å². The summed E-state index contributed by atoms with van der Waals surface area (Å²) in [5.74, 6) is 0.978. The van der Waals surface area contributed by atoms with Crippen LogP contribution in [0.5, 0.6) is 0 Å². The van der Waals surface area contributed by atoms with Crippen molar-refractivity contribution in [3.63, 3.8) is 0 Å². The zero-order chi connectivity index (χ0) is 12.2. The number of sulfonamides is 1. The van der Waals surface area contributed by atoms with Gasteiger partial charge in [0, 0.05) is 13.1 Å². The van der Waals surface area contributed by atoms with Gasteiger partial charge in [0.05, 0.1) is 0 Å². The minimum atomic E-state index is -3.28. The zero-order valence-electron chi connectivity index (χ0n) is 9.71. The molecule has 3 nitrogen and oxygen atoms in total. The smallest absolute Gasteiger partial charge is 0.206 e. The third kappa shape index (κ3) is 3.23. The lowest BCUT2D eigenvalue weighted by Crippen LogP contribution is -2.35. The molecule has 0 N–H and O–H groups in total. The van der Waals surface area contributed by atoms with Crippen LogP contribution < -0.4 is 0 Å². The minimum Gasteiger partial charge on any atom is -0.206 e. The summed E-state index contributed by atoms with van der Waals surface area (Å²) in [5, 5.41) is 1.79. The van der Waals surface area contributed by atoms with E-state index < -0.39 is 10.0 Å². The standard InChI is InChI=1S/C10H17NO2S3/c1-9(6-8-14-3)11(2)16(12,13)10-5-4-7-15-10/h4-5,7,9H,6,8H2,1-3H3/t9-/m1/s1. The van der Waals surface area contributed by atoms with E-state index in [0.717, 1.165) is 12.2 Å². The molecule has 1 aromatic rings. The molecular formula is C10H17NO2S3. The summed E-state index contributed by atoms with van der Waals surface area (Å²) in [6.07, 6.45) is 2.91. The quantitative estimate of drug-likeness (QED) is 0.803. The number of thiophene rings is 1. The first-order valence-electron chi connectivity index (χ1n) is 5.00. The number of rotatable bonds is 6. The minimum absolute atomic E-state index is 0.0412. The third-order valence-electron chi connectivity index (χ3n) is 2.49. The lowest BCUT2D eigenvalue weighted by Gasteiger charge is -2.23. The van der Waals surface area contributed by atoms with Gasteiger partial charge >= 0.3 is 0 Å². The van der Waals surface area contributed by atoms with Crippen LogP contribution in [0, 0.1) is 0 Å². The van der Waals surface area contributed by atoms with Gasteiger partial charge in [-0.1, -0.05) is 6.07 Å². The van der Waals surface area contributed by atoms with Crippen molar-refractivity contribution >= 4 is 33.1 Å². The van der Waals surface area contributed by atoms with Gasteiger partial charge in [-0.15, -0.1) is 11.3 Å². The van der Waals surface area contributed by atoms with Crippen molar-refractivity contribution in [2.45, 2.75) is 23.6 Å². The molecule has 0 aromatic carbocycles. The Kier molecular flexibility index (Phi) is 5.30. The first kappa shape index (κ1) is 14.0. The number of hydrogen-bond donors (Lipinski definition) is 0. The summed E-state index contributed by atoms with van der Waals surface area (Å²) in [6, 6.07) is 3.45. The zero-order valence-corrected chi connectivity index (χ0v) is 12.2. The summed E-state index contributed by atoms with van der Waals surface area (Å²) in [5.41, 5.74) is 0. The fourth-order valence-corrected chi connectivity index (χ4v) is 4.40. The average Bonchev–Trinajstić information content (AvgIpc) is 2.78. The molecule has 1 atom stereocenters. The van der Waals surface area contributed by atoms with Gasteiger partial charge in [-0.05, 0) is 36.8 Å². The highest BCUT2D eigenvalue weighted by Crippen LogP contribution is 2.22. The second-order valence-electron chi connectivity index (χ2n) is 3.58. The second-order valence-corrected chi connectivity index (χ2v) is 7.74. The number of hydrogen-bond acceptors (Lipinski definition) is 4. The van der Waals surface area contributed by atoms with Gasteiger partial charge in [-0.25, -0.2) is 8.42 Å². The van der Waals surface area contributed by atoms with Crippen LogP contribution >= 0.6 is 23.1 Å². The van der Waals surface area contributed by atoms with Crippen LogP contribution in [0.15, 0.2) is 21.7 Å². The summed E-state index contributed by atoms with van der Waals surface area (Å²) in [4.78, 5) is 0. The van der Waals surface area contributed by atoms with Crippen molar-refractivity contribution in [3.05, 3.63) is 17.5 Å². The molecule has 0 bridgehead atoms. The molecule has 0 unspecified atom stereocenters. The van der Waals surface area contributed by atoms with Crippen molar-refractivity contribution < 1.29 is 8.42 Å². The average molecular weight is 279 g/mol. The summed E-state index contributed by atoms with van der Waals surface area (Å²) >= 11 is 3.00. The van der Waals surface area contributed by atoms with Gasteiger partial charge < -0.3 is 0 Å². The van der Waals surface area contributed by atoms with Gasteiger partial charge in [0.2, 0.25) is 0 Å². The Balaban J connectivity index is 2.77. The number of nitrogens with zero attached hydrogens (tertiary/aromatic N) is 1. The van der Waals surface area contributed by atoms with Gasteiger partial charge in [-0.2, -0.15) is 16.1 Å². The first-order chi connectivity index (χ1) is 7.50. The molecule has 0 fully saturated rings. The van der Waals surface area contributed by atoms with Gasteiger partial charge in [0.25, 0.3) is 10.0 Å². The third-order valence-corrected chi connectivity index (χ3v) is 6.48. The van der Waals surface area contributed by atoms with Crippen LogP contribution in [0.1, 0.15) is 13.3 Å². The molecule has 1 heterocycles. The van der Waals surface area contributed by atoms with E-state index in [2.05, 4.69) is 0 Å². The van der Waals surface area contributed by atoms with E-state index >= 15 is 0 Å². The Bertz CT molecular complexity index is 400. The fourth-order valence-electron chi connectivity index (χ4n) is 1.26. The highest BCUT2D eigenvalue weighted by Gasteiger charge is 2.25. The van der Waals surface area contributed by atoms with Crippen molar-refractivity contribution in [1.82, 2.24) is 4.31 Å². The molecule has 92 valence electrons. The summed E-state index contributed by atoms with van der Waals surface area (Å²) in [7, 11) is -1.63. The van der Waals surface area contributed by atoms with Gasteiger partial charge in [-0.3, -0.25) is 0 Å². The Hall–Kier alpha value is -0.0400. The van der Waals surface area contributed by atoms with Crippen molar-refractivity contribution in [1.29, 1.82) is 0 Å². The molecule has 0 aliphatic carbocycles. The monoisotopic (exact) mass is 279 g/mol. The Morgan fingerprint density at radius 2 is 2.25 bits per heavy atom. The number of thioether (sulfide) groups is 1. The summed E-state index contributed by atoms with van der Waals surface area (Å²) < 4.78 is 26.1. The molecule has 1 rings (SSSR count). The van der Waals surface area contributed by atoms with E-state index in [1.807, 2.05) is 13.2 Å². The van der Waals surface area contributed by atoms with Crippen LogP contribution in [-0.4, -0.2) is 37.8 Å². The van der Waals surface area contributed by atoms with E-state index in [0.29, 0.717) is 4.21 Å². The molecule has 0 saturated heterocycles. The Morgan fingerprint density at radius 3 is 2.75 bits per heavy atom. The van der Waals surface area contributed by atoms with Crippen LogP contribution in [0.2, 0.25) is 0 Å². The van der Waals surface area contributed by atoms with E-state index in [4.69, 9.17) is 0 Å². The van der Waals surface area contributed by atoms with E-state index in [-0.39, 0.29) is 6.04 Å². The molecule has 6 heteroatoms. The molecule has 0 radical (unpaired) electrons.